The minimum atomic E-state index is -4.13. The Morgan fingerprint density at radius 3 is 2.48 bits per heavy atom. The standard InChI is InChI=1S/C19H20ClF2NO3S/c20-13-1-4-15(5-2-13)27(25,26)19(8-7-18(23)12(10-19)11-24)16-9-14(21)3-6-17(16)22/h1-6,9,12,18,24H,7-8,10-11,23H2/t12-,18-,19+/m0/s1. The molecule has 1 aliphatic carbocycles. The van der Waals surface area contributed by atoms with E-state index in [0.29, 0.717) is 5.02 Å². The van der Waals surface area contributed by atoms with Gasteiger partial charge in [-0.1, -0.05) is 11.6 Å². The third-order valence-electron chi connectivity index (χ3n) is 5.37. The number of halogens is 3. The van der Waals surface area contributed by atoms with E-state index in [1.54, 1.807) is 0 Å². The molecular formula is C19H20ClF2NO3S. The van der Waals surface area contributed by atoms with Crippen LogP contribution in [0.1, 0.15) is 24.8 Å². The largest absolute Gasteiger partial charge is 0.396 e. The minimum Gasteiger partial charge on any atom is -0.396 e. The molecule has 2 aromatic rings. The van der Waals surface area contributed by atoms with E-state index in [9.17, 15) is 22.3 Å². The fourth-order valence-electron chi connectivity index (χ4n) is 3.83. The van der Waals surface area contributed by atoms with Crippen molar-refractivity contribution in [3.05, 3.63) is 64.7 Å². The molecule has 0 bridgehead atoms. The first-order valence-electron chi connectivity index (χ1n) is 8.53. The van der Waals surface area contributed by atoms with Gasteiger partial charge in [0.1, 0.15) is 16.4 Å². The van der Waals surface area contributed by atoms with E-state index < -0.39 is 38.2 Å². The van der Waals surface area contributed by atoms with Crippen molar-refractivity contribution in [2.24, 2.45) is 11.7 Å². The van der Waals surface area contributed by atoms with Crippen LogP contribution in [0.3, 0.4) is 0 Å². The summed E-state index contributed by atoms with van der Waals surface area (Å²) >= 11 is 5.86. The molecule has 0 amide bonds. The highest BCUT2D eigenvalue weighted by Gasteiger charge is 2.52. The molecule has 0 radical (unpaired) electrons. The highest BCUT2D eigenvalue weighted by atomic mass is 35.5. The number of hydrogen-bond acceptors (Lipinski definition) is 4. The summed E-state index contributed by atoms with van der Waals surface area (Å²) in [6, 6.07) is 7.93. The summed E-state index contributed by atoms with van der Waals surface area (Å²) in [5.74, 6) is -2.09. The summed E-state index contributed by atoms with van der Waals surface area (Å²) in [5, 5.41) is 10.0. The third-order valence-corrected chi connectivity index (χ3v) is 8.14. The molecule has 0 aliphatic heterocycles. The van der Waals surface area contributed by atoms with E-state index in [2.05, 4.69) is 0 Å². The Balaban J connectivity index is 2.25. The zero-order chi connectivity index (χ0) is 19.8. The van der Waals surface area contributed by atoms with E-state index in [4.69, 9.17) is 17.3 Å². The third kappa shape index (κ3) is 3.49. The van der Waals surface area contributed by atoms with Crippen LogP contribution in [0.4, 0.5) is 8.78 Å². The van der Waals surface area contributed by atoms with E-state index in [1.165, 1.54) is 24.3 Å². The molecule has 3 atom stereocenters. The number of rotatable bonds is 4. The number of aliphatic hydroxyl groups is 1. The van der Waals surface area contributed by atoms with Gasteiger partial charge >= 0.3 is 0 Å². The smallest absolute Gasteiger partial charge is 0.188 e. The highest BCUT2D eigenvalue weighted by Crippen LogP contribution is 2.49. The predicted octanol–water partition coefficient (Wildman–Crippen LogP) is 3.41. The normalized spacial score (nSPS) is 26.1. The zero-order valence-corrected chi connectivity index (χ0v) is 16.0. The number of aliphatic hydroxyl groups excluding tert-OH is 1. The fourth-order valence-corrected chi connectivity index (χ4v) is 6.17. The summed E-state index contributed by atoms with van der Waals surface area (Å²) in [4.78, 5) is -0.0391. The number of nitrogens with two attached hydrogens (primary N) is 1. The van der Waals surface area contributed by atoms with Gasteiger partial charge in [-0.2, -0.15) is 0 Å². The Morgan fingerprint density at radius 1 is 1.19 bits per heavy atom. The van der Waals surface area contributed by atoms with E-state index in [1.807, 2.05) is 0 Å². The molecule has 1 fully saturated rings. The van der Waals surface area contributed by atoms with Crippen molar-refractivity contribution in [2.75, 3.05) is 6.61 Å². The Kier molecular flexibility index (Phi) is 5.59. The monoisotopic (exact) mass is 415 g/mol. The first-order valence-corrected chi connectivity index (χ1v) is 10.4. The van der Waals surface area contributed by atoms with Gasteiger partial charge in [-0.15, -0.1) is 0 Å². The lowest BCUT2D eigenvalue weighted by Gasteiger charge is -2.43. The average molecular weight is 416 g/mol. The Bertz CT molecular complexity index is 936. The Hall–Kier alpha value is -1.54. The molecule has 3 N–H and O–H groups in total. The molecule has 0 saturated heterocycles. The van der Waals surface area contributed by atoms with Crippen LogP contribution in [-0.2, 0) is 14.6 Å². The molecule has 8 heteroatoms. The maximum absolute atomic E-state index is 14.7. The number of sulfone groups is 1. The average Bonchev–Trinajstić information content (AvgIpc) is 2.64. The van der Waals surface area contributed by atoms with Crippen molar-refractivity contribution < 1.29 is 22.3 Å². The van der Waals surface area contributed by atoms with Gasteiger partial charge in [0.15, 0.2) is 9.84 Å². The first kappa shape index (κ1) is 20.2. The highest BCUT2D eigenvalue weighted by molar-refractivity contribution is 7.92. The zero-order valence-electron chi connectivity index (χ0n) is 14.4. The molecule has 0 spiro atoms. The second kappa shape index (κ2) is 7.47. The maximum atomic E-state index is 14.7. The van der Waals surface area contributed by atoms with Crippen LogP contribution in [0.5, 0.6) is 0 Å². The van der Waals surface area contributed by atoms with E-state index in [-0.39, 0.29) is 36.3 Å². The predicted molar refractivity (Wildman–Crippen MR) is 99.1 cm³/mol. The van der Waals surface area contributed by atoms with Crippen LogP contribution < -0.4 is 5.73 Å². The van der Waals surface area contributed by atoms with Gasteiger partial charge in [0.25, 0.3) is 0 Å². The van der Waals surface area contributed by atoms with Crippen LogP contribution in [0.2, 0.25) is 5.02 Å². The molecule has 1 aliphatic rings. The summed E-state index contributed by atoms with van der Waals surface area (Å²) in [6.07, 6.45) is 0.181. The maximum Gasteiger partial charge on any atom is 0.188 e. The summed E-state index contributed by atoms with van der Waals surface area (Å²) in [5.41, 5.74) is 5.78. The summed E-state index contributed by atoms with van der Waals surface area (Å²) < 4.78 is 54.1. The van der Waals surface area contributed by atoms with Gasteiger partial charge in [0.05, 0.1) is 4.90 Å². The van der Waals surface area contributed by atoms with Crippen LogP contribution in [-0.4, -0.2) is 26.2 Å². The second-order valence-electron chi connectivity index (χ2n) is 6.93. The van der Waals surface area contributed by atoms with Crippen LogP contribution >= 0.6 is 11.6 Å². The SMILES string of the molecule is N[C@H]1CC[C@@](c2cc(F)ccc2F)(S(=O)(=O)c2ccc(Cl)cc2)C[C@H]1CO. The van der Waals surface area contributed by atoms with Gasteiger partial charge in [-0.25, -0.2) is 17.2 Å². The fraction of sp³-hybridized carbons (Fsp3) is 0.368. The second-order valence-corrected chi connectivity index (χ2v) is 9.62. The molecule has 0 aromatic heterocycles. The first-order chi connectivity index (χ1) is 12.7. The van der Waals surface area contributed by atoms with Gasteiger partial charge in [-0.3, -0.25) is 0 Å². The topological polar surface area (TPSA) is 80.4 Å². The summed E-state index contributed by atoms with van der Waals surface area (Å²) in [6.45, 7) is -0.337. The molecule has 0 unspecified atom stereocenters. The minimum absolute atomic E-state index is 0.0238. The van der Waals surface area contributed by atoms with Gasteiger partial charge in [0, 0.05) is 23.2 Å². The van der Waals surface area contributed by atoms with Crippen molar-refractivity contribution in [2.45, 2.75) is 34.9 Å². The van der Waals surface area contributed by atoms with Crippen molar-refractivity contribution in [3.8, 4) is 0 Å². The van der Waals surface area contributed by atoms with Crippen molar-refractivity contribution >= 4 is 21.4 Å². The van der Waals surface area contributed by atoms with Crippen LogP contribution in [0, 0.1) is 17.6 Å². The quantitative estimate of drug-likeness (QED) is 0.801. The van der Waals surface area contributed by atoms with Crippen molar-refractivity contribution in [1.29, 1.82) is 0 Å². The molecule has 146 valence electrons. The number of hydrogen-bond donors (Lipinski definition) is 2. The lowest BCUT2D eigenvalue weighted by molar-refractivity contribution is 0.147. The van der Waals surface area contributed by atoms with Gasteiger partial charge < -0.3 is 10.8 Å². The molecule has 4 nitrogen and oxygen atoms in total. The lowest BCUT2D eigenvalue weighted by Crippen LogP contribution is -2.49. The van der Waals surface area contributed by atoms with Crippen molar-refractivity contribution in [1.82, 2.24) is 0 Å². The van der Waals surface area contributed by atoms with E-state index >= 15 is 0 Å². The molecule has 2 aromatic carbocycles. The molecular weight excluding hydrogens is 396 g/mol. The van der Waals surface area contributed by atoms with Gasteiger partial charge in [0.2, 0.25) is 0 Å². The van der Waals surface area contributed by atoms with E-state index in [0.717, 1.165) is 18.2 Å². The molecule has 0 heterocycles. The van der Waals surface area contributed by atoms with Crippen LogP contribution in [0.25, 0.3) is 0 Å². The summed E-state index contributed by atoms with van der Waals surface area (Å²) in [7, 11) is -4.13. The molecule has 27 heavy (non-hydrogen) atoms. The van der Waals surface area contributed by atoms with Gasteiger partial charge in [-0.05, 0) is 67.6 Å². The lowest BCUT2D eigenvalue weighted by atomic mass is 9.75. The van der Waals surface area contributed by atoms with Crippen LogP contribution in [0.15, 0.2) is 47.4 Å². The number of benzene rings is 2. The molecule has 1 saturated carbocycles. The molecule has 3 rings (SSSR count). The Morgan fingerprint density at radius 2 is 1.85 bits per heavy atom. The van der Waals surface area contributed by atoms with Crippen molar-refractivity contribution in [3.63, 3.8) is 0 Å². The Labute approximate surface area is 161 Å².